The van der Waals surface area contributed by atoms with Crippen LogP contribution in [0.5, 0.6) is 5.75 Å². The van der Waals surface area contributed by atoms with Crippen molar-refractivity contribution < 1.29 is 14.3 Å². The van der Waals surface area contributed by atoms with Gasteiger partial charge >= 0.3 is 6.03 Å². The Labute approximate surface area is 132 Å². The summed E-state index contributed by atoms with van der Waals surface area (Å²) in [6.45, 7) is -0.181. The standard InChI is InChI=1S/C16H14N4O3/c17-9-11-4-6-14(7-5-11)23-10-15(21)19-12-2-1-3-13(8-12)20-16(18)22/h1-8H,10H2,(H,19,21)(H3,18,20,22). The van der Waals surface area contributed by atoms with Crippen molar-refractivity contribution in [2.75, 3.05) is 17.2 Å². The highest BCUT2D eigenvalue weighted by molar-refractivity contribution is 5.93. The normalized spacial score (nSPS) is 9.52. The number of rotatable bonds is 5. The first-order valence-corrected chi connectivity index (χ1v) is 6.66. The van der Waals surface area contributed by atoms with E-state index in [0.717, 1.165) is 0 Å². The first-order chi connectivity index (χ1) is 11.1. The van der Waals surface area contributed by atoms with E-state index in [1.807, 2.05) is 6.07 Å². The molecule has 0 heterocycles. The highest BCUT2D eigenvalue weighted by atomic mass is 16.5. The van der Waals surface area contributed by atoms with E-state index < -0.39 is 6.03 Å². The smallest absolute Gasteiger partial charge is 0.316 e. The summed E-state index contributed by atoms with van der Waals surface area (Å²) in [5, 5.41) is 13.8. The fourth-order valence-electron chi connectivity index (χ4n) is 1.79. The molecule has 0 aromatic heterocycles. The number of amides is 3. The number of nitrogens with two attached hydrogens (primary N) is 1. The molecule has 7 nitrogen and oxygen atoms in total. The number of hydrogen-bond acceptors (Lipinski definition) is 4. The number of nitriles is 1. The van der Waals surface area contributed by atoms with Gasteiger partial charge in [0.25, 0.3) is 5.91 Å². The van der Waals surface area contributed by atoms with Crippen molar-refractivity contribution in [2.24, 2.45) is 5.73 Å². The molecule has 3 amide bonds. The van der Waals surface area contributed by atoms with Crippen LogP contribution in [0.3, 0.4) is 0 Å². The van der Waals surface area contributed by atoms with Crippen LogP contribution in [-0.4, -0.2) is 18.5 Å². The van der Waals surface area contributed by atoms with E-state index in [0.29, 0.717) is 22.7 Å². The predicted octanol–water partition coefficient (Wildman–Crippen LogP) is 2.07. The van der Waals surface area contributed by atoms with Crippen LogP contribution in [0.15, 0.2) is 48.5 Å². The van der Waals surface area contributed by atoms with E-state index in [-0.39, 0.29) is 12.5 Å². The molecule has 0 aliphatic heterocycles. The average Bonchev–Trinajstić information content (AvgIpc) is 2.53. The molecule has 0 saturated heterocycles. The van der Waals surface area contributed by atoms with Crippen LogP contribution in [0.4, 0.5) is 16.2 Å². The Morgan fingerprint density at radius 2 is 1.74 bits per heavy atom. The number of carbonyl (C=O) groups excluding carboxylic acids is 2. The van der Waals surface area contributed by atoms with Gasteiger partial charge in [0.05, 0.1) is 11.6 Å². The maximum absolute atomic E-state index is 11.8. The van der Waals surface area contributed by atoms with Gasteiger partial charge in [-0.3, -0.25) is 4.79 Å². The molecule has 0 aliphatic carbocycles. The Morgan fingerprint density at radius 3 is 2.35 bits per heavy atom. The van der Waals surface area contributed by atoms with E-state index in [1.54, 1.807) is 48.5 Å². The average molecular weight is 310 g/mol. The highest BCUT2D eigenvalue weighted by Gasteiger charge is 2.05. The Kier molecular flexibility index (Phi) is 5.15. The Balaban J connectivity index is 1.89. The number of ether oxygens (including phenoxy) is 1. The van der Waals surface area contributed by atoms with Gasteiger partial charge in [-0.05, 0) is 42.5 Å². The third-order valence-electron chi connectivity index (χ3n) is 2.77. The minimum absolute atomic E-state index is 0.181. The lowest BCUT2D eigenvalue weighted by atomic mass is 10.2. The fourth-order valence-corrected chi connectivity index (χ4v) is 1.79. The van der Waals surface area contributed by atoms with E-state index in [1.165, 1.54) is 0 Å². The summed E-state index contributed by atoms with van der Waals surface area (Å²) in [6, 6.07) is 14.3. The van der Waals surface area contributed by atoms with Gasteiger partial charge in [0, 0.05) is 11.4 Å². The zero-order chi connectivity index (χ0) is 16.7. The number of anilines is 2. The second-order valence-corrected chi connectivity index (χ2v) is 4.54. The van der Waals surface area contributed by atoms with Crippen LogP contribution in [0.25, 0.3) is 0 Å². The molecule has 0 bridgehead atoms. The highest BCUT2D eigenvalue weighted by Crippen LogP contribution is 2.15. The van der Waals surface area contributed by atoms with Crippen LogP contribution in [0, 0.1) is 11.3 Å². The molecule has 0 unspecified atom stereocenters. The van der Waals surface area contributed by atoms with Crippen LogP contribution < -0.4 is 21.1 Å². The van der Waals surface area contributed by atoms with Gasteiger partial charge in [-0.2, -0.15) is 5.26 Å². The Morgan fingerprint density at radius 1 is 1.09 bits per heavy atom. The molecular weight excluding hydrogens is 296 g/mol. The van der Waals surface area contributed by atoms with Gasteiger partial charge < -0.3 is 21.1 Å². The third-order valence-corrected chi connectivity index (χ3v) is 2.77. The fraction of sp³-hybridized carbons (Fsp3) is 0.0625. The Hall–Kier alpha value is -3.53. The van der Waals surface area contributed by atoms with Gasteiger partial charge in [0.15, 0.2) is 6.61 Å². The Bertz CT molecular complexity index is 751. The zero-order valence-corrected chi connectivity index (χ0v) is 12.1. The van der Waals surface area contributed by atoms with E-state index in [9.17, 15) is 9.59 Å². The summed E-state index contributed by atoms with van der Waals surface area (Å²) in [6.07, 6.45) is 0. The number of primary amides is 1. The lowest BCUT2D eigenvalue weighted by molar-refractivity contribution is -0.118. The SMILES string of the molecule is N#Cc1ccc(OCC(=O)Nc2cccc(NC(N)=O)c2)cc1. The van der Waals surface area contributed by atoms with E-state index in [4.69, 9.17) is 15.7 Å². The number of nitrogens with zero attached hydrogens (tertiary/aromatic N) is 1. The first-order valence-electron chi connectivity index (χ1n) is 6.66. The van der Waals surface area contributed by atoms with Crippen LogP contribution in [-0.2, 0) is 4.79 Å². The van der Waals surface area contributed by atoms with E-state index in [2.05, 4.69) is 10.6 Å². The second-order valence-electron chi connectivity index (χ2n) is 4.54. The van der Waals surface area contributed by atoms with Crippen molar-refractivity contribution >= 4 is 23.3 Å². The maximum Gasteiger partial charge on any atom is 0.316 e. The molecule has 7 heteroatoms. The van der Waals surface area contributed by atoms with Gasteiger partial charge in [-0.15, -0.1) is 0 Å². The second kappa shape index (κ2) is 7.47. The molecule has 0 saturated carbocycles. The molecule has 4 N–H and O–H groups in total. The maximum atomic E-state index is 11.8. The largest absolute Gasteiger partial charge is 0.484 e. The van der Waals surface area contributed by atoms with Crippen molar-refractivity contribution in [3.8, 4) is 11.8 Å². The number of benzene rings is 2. The number of hydrogen-bond donors (Lipinski definition) is 3. The molecule has 0 atom stereocenters. The molecule has 23 heavy (non-hydrogen) atoms. The number of urea groups is 1. The summed E-state index contributed by atoms with van der Waals surface area (Å²) < 4.78 is 5.32. The van der Waals surface area contributed by atoms with Crippen LogP contribution >= 0.6 is 0 Å². The van der Waals surface area contributed by atoms with Crippen molar-refractivity contribution in [3.63, 3.8) is 0 Å². The minimum atomic E-state index is -0.683. The van der Waals surface area contributed by atoms with Gasteiger partial charge in [0.1, 0.15) is 5.75 Å². The lowest BCUT2D eigenvalue weighted by Gasteiger charge is -2.09. The monoisotopic (exact) mass is 310 g/mol. The number of carbonyl (C=O) groups is 2. The quantitative estimate of drug-likeness (QED) is 0.783. The van der Waals surface area contributed by atoms with Gasteiger partial charge in [0.2, 0.25) is 0 Å². The summed E-state index contributed by atoms with van der Waals surface area (Å²) in [7, 11) is 0. The summed E-state index contributed by atoms with van der Waals surface area (Å²) in [5.41, 5.74) is 6.53. The molecule has 2 rings (SSSR count). The van der Waals surface area contributed by atoms with Crippen molar-refractivity contribution in [1.29, 1.82) is 5.26 Å². The zero-order valence-electron chi connectivity index (χ0n) is 12.1. The molecular formula is C16H14N4O3. The third kappa shape index (κ3) is 5.06. The summed E-state index contributed by atoms with van der Waals surface area (Å²) >= 11 is 0. The molecule has 0 aliphatic rings. The van der Waals surface area contributed by atoms with Crippen LogP contribution in [0.2, 0.25) is 0 Å². The lowest BCUT2D eigenvalue weighted by Crippen LogP contribution is -2.21. The van der Waals surface area contributed by atoms with Gasteiger partial charge in [-0.25, -0.2) is 4.79 Å². The number of nitrogens with one attached hydrogen (secondary N) is 2. The molecule has 116 valence electrons. The molecule has 0 radical (unpaired) electrons. The first kappa shape index (κ1) is 15.9. The van der Waals surface area contributed by atoms with E-state index >= 15 is 0 Å². The van der Waals surface area contributed by atoms with Crippen molar-refractivity contribution in [3.05, 3.63) is 54.1 Å². The topological polar surface area (TPSA) is 117 Å². The minimum Gasteiger partial charge on any atom is -0.484 e. The van der Waals surface area contributed by atoms with Gasteiger partial charge in [-0.1, -0.05) is 6.07 Å². The molecule has 0 fully saturated rings. The summed E-state index contributed by atoms with van der Waals surface area (Å²) in [5.74, 6) is 0.133. The van der Waals surface area contributed by atoms with Crippen LogP contribution in [0.1, 0.15) is 5.56 Å². The molecule has 2 aromatic rings. The summed E-state index contributed by atoms with van der Waals surface area (Å²) in [4.78, 5) is 22.6. The predicted molar refractivity (Wildman–Crippen MR) is 84.9 cm³/mol. The van der Waals surface area contributed by atoms with Crippen molar-refractivity contribution in [2.45, 2.75) is 0 Å². The molecule has 2 aromatic carbocycles. The molecule has 0 spiro atoms. The van der Waals surface area contributed by atoms with Crippen molar-refractivity contribution in [1.82, 2.24) is 0 Å².